The maximum atomic E-state index is 13.5. The predicted octanol–water partition coefficient (Wildman–Crippen LogP) is 3.68. The van der Waals surface area contributed by atoms with Crippen molar-refractivity contribution in [1.82, 2.24) is 9.88 Å². The number of carbonyl (C=O) groups is 1. The zero-order chi connectivity index (χ0) is 18.0. The van der Waals surface area contributed by atoms with E-state index in [0.29, 0.717) is 6.04 Å². The maximum absolute atomic E-state index is 13.5. The van der Waals surface area contributed by atoms with E-state index in [1.54, 1.807) is 17.5 Å². The van der Waals surface area contributed by atoms with Crippen LogP contribution in [0.1, 0.15) is 59.3 Å². The van der Waals surface area contributed by atoms with E-state index in [-0.39, 0.29) is 35.8 Å². The molecule has 26 heavy (non-hydrogen) atoms. The van der Waals surface area contributed by atoms with Gasteiger partial charge in [0.15, 0.2) is 5.13 Å². The van der Waals surface area contributed by atoms with Gasteiger partial charge in [-0.1, -0.05) is 33.1 Å². The molecular formula is C19H33ClN4OS. The molecule has 2 aliphatic rings. The molecule has 2 N–H and O–H groups in total. The van der Waals surface area contributed by atoms with Gasteiger partial charge in [-0.3, -0.25) is 14.6 Å². The average Bonchev–Trinajstić information content (AvgIpc) is 3.12. The van der Waals surface area contributed by atoms with Crippen molar-refractivity contribution in [1.29, 1.82) is 0 Å². The minimum absolute atomic E-state index is 0. The second kappa shape index (κ2) is 9.00. The lowest BCUT2D eigenvalue weighted by atomic mass is 9.79. The molecule has 2 heterocycles. The molecule has 1 amide bonds. The summed E-state index contributed by atoms with van der Waals surface area (Å²) in [4.78, 5) is 22.2. The molecule has 7 heteroatoms. The van der Waals surface area contributed by atoms with Gasteiger partial charge in [0.1, 0.15) is 0 Å². The summed E-state index contributed by atoms with van der Waals surface area (Å²) in [7, 11) is 0. The van der Waals surface area contributed by atoms with Crippen LogP contribution in [-0.4, -0.2) is 47.0 Å². The molecule has 1 aromatic heterocycles. The Labute approximate surface area is 167 Å². The van der Waals surface area contributed by atoms with Crippen LogP contribution in [0.4, 0.5) is 5.13 Å². The summed E-state index contributed by atoms with van der Waals surface area (Å²) in [5.74, 6) is 0.202. The summed E-state index contributed by atoms with van der Waals surface area (Å²) < 4.78 is 0. The topological polar surface area (TPSA) is 62.5 Å². The van der Waals surface area contributed by atoms with E-state index < -0.39 is 0 Å². The Balaban J connectivity index is 0.00000243. The second-order valence-corrected chi connectivity index (χ2v) is 9.22. The van der Waals surface area contributed by atoms with Crippen LogP contribution in [0.3, 0.4) is 0 Å². The first-order valence-corrected chi connectivity index (χ1v) is 10.5. The van der Waals surface area contributed by atoms with Crippen LogP contribution in [0.15, 0.2) is 11.6 Å². The van der Waals surface area contributed by atoms with E-state index in [1.807, 2.05) is 10.3 Å². The lowest BCUT2D eigenvalue weighted by Crippen LogP contribution is -2.59. The van der Waals surface area contributed by atoms with Crippen LogP contribution in [0.2, 0.25) is 0 Å². The van der Waals surface area contributed by atoms with E-state index in [9.17, 15) is 4.79 Å². The highest BCUT2D eigenvalue weighted by atomic mass is 35.5. The van der Waals surface area contributed by atoms with Crippen LogP contribution in [-0.2, 0) is 4.79 Å². The fourth-order valence-corrected chi connectivity index (χ4v) is 4.93. The van der Waals surface area contributed by atoms with Crippen LogP contribution in [0.5, 0.6) is 0 Å². The Morgan fingerprint density at radius 1 is 1.35 bits per heavy atom. The number of carbonyl (C=O) groups excluding carboxylic acids is 1. The van der Waals surface area contributed by atoms with Crippen molar-refractivity contribution in [3.63, 3.8) is 0 Å². The van der Waals surface area contributed by atoms with Gasteiger partial charge in [-0.25, -0.2) is 4.98 Å². The molecule has 1 saturated heterocycles. The number of hydrogen-bond acceptors (Lipinski definition) is 5. The van der Waals surface area contributed by atoms with Crippen LogP contribution in [0, 0.1) is 5.41 Å². The molecular weight excluding hydrogens is 368 g/mol. The summed E-state index contributed by atoms with van der Waals surface area (Å²) >= 11 is 1.57. The molecule has 0 radical (unpaired) electrons. The molecule has 0 spiro atoms. The number of nitrogens with two attached hydrogens (primary N) is 1. The summed E-state index contributed by atoms with van der Waals surface area (Å²) in [6.07, 6.45) is 8.63. The zero-order valence-electron chi connectivity index (χ0n) is 16.2. The molecule has 3 rings (SSSR count). The van der Waals surface area contributed by atoms with Gasteiger partial charge in [-0.15, -0.1) is 23.7 Å². The van der Waals surface area contributed by atoms with Crippen LogP contribution in [0.25, 0.3) is 0 Å². The Bertz CT molecular complexity index is 574. The van der Waals surface area contributed by atoms with Gasteiger partial charge in [-0.2, -0.15) is 0 Å². The van der Waals surface area contributed by atoms with Crippen molar-refractivity contribution in [2.45, 2.75) is 77.4 Å². The molecule has 2 atom stereocenters. The van der Waals surface area contributed by atoms with Crippen molar-refractivity contribution >= 4 is 34.8 Å². The molecule has 5 nitrogen and oxygen atoms in total. The highest BCUT2D eigenvalue weighted by Crippen LogP contribution is 2.32. The largest absolute Gasteiger partial charge is 0.327 e. The first kappa shape index (κ1) is 21.6. The molecule has 2 fully saturated rings. The molecule has 1 aliphatic carbocycles. The van der Waals surface area contributed by atoms with Gasteiger partial charge in [0.2, 0.25) is 5.91 Å². The summed E-state index contributed by atoms with van der Waals surface area (Å²) in [6, 6.07) is 0.381. The maximum Gasteiger partial charge on any atom is 0.246 e. The quantitative estimate of drug-likeness (QED) is 0.837. The second-order valence-electron chi connectivity index (χ2n) is 8.34. The van der Waals surface area contributed by atoms with Gasteiger partial charge in [0, 0.05) is 36.8 Å². The van der Waals surface area contributed by atoms with Gasteiger partial charge in [-0.05, 0) is 31.6 Å². The number of rotatable bonds is 4. The SMILES string of the molecule is CC(C(=O)N(c1nccs1)C1CCCCC1)N1CCC(N)C(C)(C)C1.Cl. The highest BCUT2D eigenvalue weighted by Gasteiger charge is 2.39. The van der Waals surface area contributed by atoms with E-state index in [1.165, 1.54) is 19.3 Å². The van der Waals surface area contributed by atoms with Crippen LogP contribution < -0.4 is 10.6 Å². The molecule has 1 saturated carbocycles. The van der Waals surface area contributed by atoms with Gasteiger partial charge in [0.25, 0.3) is 0 Å². The standard InChI is InChI=1S/C19H32N4OS.ClH/c1-14(22-11-9-16(20)19(2,3)13-22)17(24)23(18-21-10-12-25-18)15-7-5-4-6-8-15;/h10,12,14-16H,4-9,11,13,20H2,1-3H3;1H. The van der Waals surface area contributed by atoms with Crippen molar-refractivity contribution in [2.24, 2.45) is 11.1 Å². The van der Waals surface area contributed by atoms with E-state index in [0.717, 1.165) is 37.5 Å². The molecule has 1 aliphatic heterocycles. The number of amides is 1. The summed E-state index contributed by atoms with van der Waals surface area (Å²) in [5.41, 5.74) is 6.32. The van der Waals surface area contributed by atoms with Crippen molar-refractivity contribution < 1.29 is 4.79 Å². The first-order valence-electron chi connectivity index (χ1n) is 9.62. The molecule has 2 unspecified atom stereocenters. The highest BCUT2D eigenvalue weighted by molar-refractivity contribution is 7.13. The third kappa shape index (κ3) is 4.58. The number of halogens is 1. The van der Waals surface area contributed by atoms with Crippen LogP contribution >= 0.6 is 23.7 Å². The number of hydrogen-bond donors (Lipinski definition) is 1. The first-order chi connectivity index (χ1) is 11.9. The van der Waals surface area contributed by atoms with Gasteiger partial charge in [0.05, 0.1) is 6.04 Å². The van der Waals surface area contributed by atoms with Crippen molar-refractivity contribution in [2.75, 3.05) is 18.0 Å². The fraction of sp³-hybridized carbons (Fsp3) is 0.789. The molecule has 148 valence electrons. The number of thiazole rings is 1. The van der Waals surface area contributed by atoms with Gasteiger partial charge >= 0.3 is 0 Å². The number of piperidine rings is 1. The van der Waals surface area contributed by atoms with Crippen molar-refractivity contribution in [3.8, 4) is 0 Å². The number of likely N-dealkylation sites (tertiary alicyclic amines) is 1. The third-order valence-electron chi connectivity index (χ3n) is 6.05. The van der Waals surface area contributed by atoms with E-state index in [4.69, 9.17) is 5.73 Å². The molecule has 1 aromatic rings. The third-order valence-corrected chi connectivity index (χ3v) is 6.82. The molecule has 0 bridgehead atoms. The van der Waals surface area contributed by atoms with Gasteiger partial charge < -0.3 is 5.73 Å². The number of aromatic nitrogens is 1. The normalized spacial score (nSPS) is 25.3. The zero-order valence-corrected chi connectivity index (χ0v) is 17.8. The smallest absolute Gasteiger partial charge is 0.246 e. The number of anilines is 1. The Morgan fingerprint density at radius 3 is 2.62 bits per heavy atom. The number of nitrogens with zero attached hydrogens (tertiary/aromatic N) is 3. The average molecular weight is 401 g/mol. The minimum atomic E-state index is -0.127. The Hall–Kier alpha value is -0.690. The van der Waals surface area contributed by atoms with E-state index in [2.05, 4.69) is 30.7 Å². The monoisotopic (exact) mass is 400 g/mol. The predicted molar refractivity (Wildman–Crippen MR) is 111 cm³/mol. The van der Waals surface area contributed by atoms with E-state index >= 15 is 0 Å². The lowest BCUT2D eigenvalue weighted by molar-refractivity contribution is -0.125. The lowest BCUT2D eigenvalue weighted by Gasteiger charge is -2.45. The van der Waals surface area contributed by atoms with Crippen molar-refractivity contribution in [3.05, 3.63) is 11.6 Å². The summed E-state index contributed by atoms with van der Waals surface area (Å²) in [5, 5.41) is 2.82. The Kier molecular flexibility index (Phi) is 7.48. The summed E-state index contributed by atoms with van der Waals surface area (Å²) in [6.45, 7) is 8.24. The molecule has 0 aromatic carbocycles. The fourth-order valence-electron chi connectivity index (χ4n) is 4.21. The Morgan fingerprint density at radius 2 is 2.04 bits per heavy atom. The minimum Gasteiger partial charge on any atom is -0.327 e.